The number of benzene rings is 2. The lowest BCUT2D eigenvalue weighted by Gasteiger charge is -2.32. The molecule has 3 N–H and O–H groups in total. The number of aromatic hydroxyl groups is 2. The summed E-state index contributed by atoms with van der Waals surface area (Å²) in [7, 11) is 0. The predicted octanol–water partition coefficient (Wildman–Crippen LogP) is 4.18. The SMILES string of the molecule is CC(C)c1cc(C(=O)N2Cc3ccc(CN4CCC(Cn5cc(C(=O)O)cn5)CC4)cc3C2)c(O)cc1O. The lowest BCUT2D eigenvalue weighted by Crippen LogP contribution is -2.34. The van der Waals surface area contributed by atoms with Crippen molar-refractivity contribution < 1.29 is 24.9 Å². The molecule has 0 spiro atoms. The molecule has 0 saturated carbocycles. The highest BCUT2D eigenvalue weighted by atomic mass is 16.4. The lowest BCUT2D eigenvalue weighted by atomic mass is 9.96. The van der Waals surface area contributed by atoms with Crippen LogP contribution in [0.1, 0.15) is 75.6 Å². The minimum absolute atomic E-state index is 0.00106. The molecule has 2 aliphatic heterocycles. The van der Waals surface area contributed by atoms with Gasteiger partial charge in [-0.25, -0.2) is 4.79 Å². The summed E-state index contributed by atoms with van der Waals surface area (Å²) in [6, 6.07) is 9.27. The Kier molecular flexibility index (Phi) is 7.12. The Bertz CT molecular complexity index is 1360. The number of fused-ring (bicyclic) bond motifs is 1. The minimum Gasteiger partial charge on any atom is -0.508 e. The highest BCUT2D eigenvalue weighted by molar-refractivity contribution is 5.97. The predicted molar refractivity (Wildman–Crippen MR) is 141 cm³/mol. The molecule has 0 aliphatic carbocycles. The Morgan fingerprint density at radius 1 is 1.03 bits per heavy atom. The van der Waals surface area contributed by atoms with Crippen LogP contribution in [-0.2, 0) is 26.2 Å². The first-order valence-corrected chi connectivity index (χ1v) is 13.1. The summed E-state index contributed by atoms with van der Waals surface area (Å²) >= 11 is 0. The fourth-order valence-electron chi connectivity index (χ4n) is 5.51. The molecule has 5 rings (SSSR count). The topological polar surface area (TPSA) is 119 Å². The third-order valence-electron chi connectivity index (χ3n) is 7.72. The van der Waals surface area contributed by atoms with Crippen molar-refractivity contribution in [3.63, 3.8) is 0 Å². The number of carbonyl (C=O) groups excluding carboxylic acids is 1. The Balaban J connectivity index is 1.17. The molecule has 1 amide bonds. The Morgan fingerprint density at radius 3 is 2.45 bits per heavy atom. The Hall–Kier alpha value is -3.85. The molecule has 1 fully saturated rings. The number of piperidine rings is 1. The molecular weight excluding hydrogens is 484 g/mol. The van der Waals surface area contributed by atoms with E-state index in [0.717, 1.165) is 50.1 Å². The van der Waals surface area contributed by atoms with Gasteiger partial charge in [0.1, 0.15) is 11.5 Å². The quantitative estimate of drug-likeness (QED) is 0.429. The van der Waals surface area contributed by atoms with E-state index in [4.69, 9.17) is 5.11 Å². The Morgan fingerprint density at radius 2 is 1.76 bits per heavy atom. The minimum atomic E-state index is -0.952. The molecule has 9 heteroatoms. The maximum Gasteiger partial charge on any atom is 0.338 e. The number of carboxylic acid groups (broad SMARTS) is 1. The summed E-state index contributed by atoms with van der Waals surface area (Å²) in [5.41, 5.74) is 4.54. The molecule has 200 valence electrons. The highest BCUT2D eigenvalue weighted by Crippen LogP contribution is 2.34. The van der Waals surface area contributed by atoms with E-state index >= 15 is 0 Å². The maximum atomic E-state index is 13.3. The van der Waals surface area contributed by atoms with Gasteiger partial charge < -0.3 is 20.2 Å². The van der Waals surface area contributed by atoms with Crippen molar-refractivity contribution in [2.24, 2.45) is 5.92 Å². The van der Waals surface area contributed by atoms with Crippen molar-refractivity contribution in [2.45, 2.75) is 58.8 Å². The zero-order valence-corrected chi connectivity index (χ0v) is 21.8. The number of phenolic OH excluding ortho intramolecular Hbond substituents is 2. The number of carbonyl (C=O) groups is 2. The number of aromatic carboxylic acids is 1. The Labute approximate surface area is 221 Å². The number of rotatable bonds is 7. The number of aromatic nitrogens is 2. The maximum absolute atomic E-state index is 13.3. The average molecular weight is 519 g/mol. The van der Waals surface area contributed by atoms with E-state index in [1.165, 1.54) is 17.8 Å². The van der Waals surface area contributed by atoms with Gasteiger partial charge in [0.05, 0.1) is 17.3 Å². The van der Waals surface area contributed by atoms with Crippen LogP contribution in [-0.4, -0.2) is 59.9 Å². The molecule has 0 bridgehead atoms. The van der Waals surface area contributed by atoms with Gasteiger partial charge in [0, 0.05) is 38.4 Å². The second-order valence-corrected chi connectivity index (χ2v) is 10.8. The van der Waals surface area contributed by atoms with E-state index in [1.54, 1.807) is 21.8 Å². The third kappa shape index (κ3) is 5.38. The van der Waals surface area contributed by atoms with Gasteiger partial charge in [-0.1, -0.05) is 32.0 Å². The fourth-order valence-corrected chi connectivity index (χ4v) is 5.51. The molecule has 1 saturated heterocycles. The molecule has 3 heterocycles. The first-order chi connectivity index (χ1) is 18.2. The molecule has 38 heavy (non-hydrogen) atoms. The van der Waals surface area contributed by atoms with Crippen molar-refractivity contribution >= 4 is 11.9 Å². The second kappa shape index (κ2) is 10.5. The van der Waals surface area contributed by atoms with Gasteiger partial charge in [-0.3, -0.25) is 14.4 Å². The first kappa shape index (κ1) is 25.8. The van der Waals surface area contributed by atoms with E-state index in [2.05, 4.69) is 28.2 Å². The highest BCUT2D eigenvalue weighted by Gasteiger charge is 2.28. The molecule has 0 radical (unpaired) electrons. The summed E-state index contributed by atoms with van der Waals surface area (Å²) in [6.45, 7) is 8.38. The molecule has 1 aromatic heterocycles. The molecule has 0 atom stereocenters. The van der Waals surface area contributed by atoms with Crippen LogP contribution in [0.5, 0.6) is 11.5 Å². The van der Waals surface area contributed by atoms with Crippen LogP contribution < -0.4 is 0 Å². The van der Waals surface area contributed by atoms with E-state index < -0.39 is 5.97 Å². The van der Waals surface area contributed by atoms with Crippen molar-refractivity contribution in [1.82, 2.24) is 19.6 Å². The van der Waals surface area contributed by atoms with Crippen LogP contribution in [0, 0.1) is 5.92 Å². The van der Waals surface area contributed by atoms with Crippen molar-refractivity contribution in [3.05, 3.63) is 76.1 Å². The van der Waals surface area contributed by atoms with E-state index in [1.807, 2.05) is 13.8 Å². The number of phenols is 2. The molecule has 9 nitrogen and oxygen atoms in total. The van der Waals surface area contributed by atoms with E-state index in [-0.39, 0.29) is 34.5 Å². The van der Waals surface area contributed by atoms with Crippen LogP contribution in [0.3, 0.4) is 0 Å². The van der Waals surface area contributed by atoms with Crippen molar-refractivity contribution in [1.29, 1.82) is 0 Å². The fraction of sp³-hybridized carbons (Fsp3) is 0.414. The number of nitrogens with zero attached hydrogens (tertiary/aromatic N) is 4. The van der Waals surface area contributed by atoms with Crippen LogP contribution in [0.25, 0.3) is 0 Å². The number of likely N-dealkylation sites (tertiary alicyclic amines) is 1. The molecule has 2 aliphatic rings. The van der Waals surface area contributed by atoms with Gasteiger partial charge >= 0.3 is 5.97 Å². The number of carboxylic acids is 1. The van der Waals surface area contributed by atoms with Gasteiger partial charge in [0.2, 0.25) is 0 Å². The van der Waals surface area contributed by atoms with E-state index in [0.29, 0.717) is 24.6 Å². The summed E-state index contributed by atoms with van der Waals surface area (Å²) in [6.07, 6.45) is 5.06. The van der Waals surface area contributed by atoms with Gasteiger partial charge in [-0.2, -0.15) is 5.10 Å². The number of hydrogen-bond donors (Lipinski definition) is 3. The van der Waals surface area contributed by atoms with Crippen LogP contribution >= 0.6 is 0 Å². The second-order valence-electron chi connectivity index (χ2n) is 10.8. The molecule has 0 unspecified atom stereocenters. The lowest BCUT2D eigenvalue weighted by molar-refractivity contribution is 0.0695. The number of hydrogen-bond acceptors (Lipinski definition) is 6. The van der Waals surface area contributed by atoms with Gasteiger partial charge in [-0.15, -0.1) is 0 Å². The third-order valence-corrected chi connectivity index (χ3v) is 7.72. The normalized spacial score (nSPS) is 16.2. The summed E-state index contributed by atoms with van der Waals surface area (Å²) < 4.78 is 1.73. The number of amides is 1. The van der Waals surface area contributed by atoms with Crippen molar-refractivity contribution in [3.8, 4) is 11.5 Å². The monoisotopic (exact) mass is 518 g/mol. The zero-order chi connectivity index (χ0) is 27.0. The van der Waals surface area contributed by atoms with Gasteiger partial charge in [0.25, 0.3) is 5.91 Å². The van der Waals surface area contributed by atoms with Crippen LogP contribution in [0.2, 0.25) is 0 Å². The molecule has 3 aromatic rings. The standard InChI is InChI=1S/C29H34N4O5/c1-18(2)24-10-25(27(35)11-26(24)34)28(36)32-15-21-4-3-20(9-22(21)16-32)13-31-7-5-19(6-8-31)14-33-17-23(12-30-33)29(37)38/h3-4,9-12,17-19,34-35H,5-8,13-16H2,1-2H3,(H,37,38). The summed E-state index contributed by atoms with van der Waals surface area (Å²) in [5.74, 6) is -0.891. The smallest absolute Gasteiger partial charge is 0.338 e. The van der Waals surface area contributed by atoms with Crippen LogP contribution in [0.15, 0.2) is 42.7 Å². The average Bonchev–Trinajstić information content (AvgIpc) is 3.52. The van der Waals surface area contributed by atoms with E-state index in [9.17, 15) is 19.8 Å². The summed E-state index contributed by atoms with van der Waals surface area (Å²) in [4.78, 5) is 28.5. The van der Waals surface area contributed by atoms with Crippen molar-refractivity contribution in [2.75, 3.05) is 13.1 Å². The van der Waals surface area contributed by atoms with Crippen LogP contribution in [0.4, 0.5) is 0 Å². The largest absolute Gasteiger partial charge is 0.508 e. The van der Waals surface area contributed by atoms with Gasteiger partial charge in [0.15, 0.2) is 0 Å². The molecule has 2 aromatic carbocycles. The molecular formula is C29H34N4O5. The first-order valence-electron chi connectivity index (χ1n) is 13.1. The van der Waals surface area contributed by atoms with Gasteiger partial charge in [-0.05, 0) is 66.1 Å². The summed E-state index contributed by atoms with van der Waals surface area (Å²) in [5, 5.41) is 33.7. The zero-order valence-electron chi connectivity index (χ0n) is 21.8.